The van der Waals surface area contributed by atoms with Gasteiger partial charge in [0.1, 0.15) is 11.5 Å². The van der Waals surface area contributed by atoms with Crippen LogP contribution in [0.15, 0.2) is 48.5 Å². The van der Waals surface area contributed by atoms with Gasteiger partial charge in [-0.15, -0.1) is 0 Å². The lowest BCUT2D eigenvalue weighted by molar-refractivity contribution is -0.129. The molecule has 1 aliphatic heterocycles. The van der Waals surface area contributed by atoms with Crippen LogP contribution in [0.2, 0.25) is 0 Å². The molecule has 1 saturated heterocycles. The van der Waals surface area contributed by atoms with Gasteiger partial charge in [0, 0.05) is 19.0 Å². The number of hydrogen-bond donors (Lipinski definition) is 2. The summed E-state index contributed by atoms with van der Waals surface area (Å²) in [4.78, 5) is 14.2. The van der Waals surface area contributed by atoms with Crippen molar-refractivity contribution in [3.63, 3.8) is 0 Å². The monoisotopic (exact) mass is 297 g/mol. The predicted molar refractivity (Wildman–Crippen MR) is 83.9 cm³/mol. The predicted octanol–water partition coefficient (Wildman–Crippen LogP) is 2.66. The molecule has 0 spiro atoms. The molecular weight excluding hydrogens is 278 g/mol. The van der Waals surface area contributed by atoms with Gasteiger partial charge in [-0.25, -0.2) is 0 Å². The normalized spacial score (nSPS) is 17.6. The summed E-state index contributed by atoms with van der Waals surface area (Å²) in [6, 6.07) is 14.0. The summed E-state index contributed by atoms with van der Waals surface area (Å²) in [5.41, 5.74) is 2.08. The molecule has 1 amide bonds. The molecule has 0 unspecified atom stereocenters. The molecule has 3 rings (SSSR count). The quantitative estimate of drug-likeness (QED) is 0.915. The Morgan fingerprint density at radius 3 is 2.23 bits per heavy atom. The summed E-state index contributed by atoms with van der Waals surface area (Å²) in [5.74, 6) is 0.933. The number of likely N-dealkylation sites (tertiary alicyclic amines) is 1. The molecule has 0 aliphatic carbocycles. The Morgan fingerprint density at radius 1 is 1.00 bits per heavy atom. The van der Waals surface area contributed by atoms with Crippen molar-refractivity contribution in [3.05, 3.63) is 59.7 Å². The zero-order valence-corrected chi connectivity index (χ0v) is 12.3. The van der Waals surface area contributed by atoms with Crippen molar-refractivity contribution in [1.29, 1.82) is 0 Å². The molecule has 4 nitrogen and oxygen atoms in total. The molecule has 22 heavy (non-hydrogen) atoms. The molecule has 0 saturated carbocycles. The molecule has 1 fully saturated rings. The highest BCUT2D eigenvalue weighted by Gasteiger charge is 2.27. The van der Waals surface area contributed by atoms with Gasteiger partial charge in [-0.3, -0.25) is 4.79 Å². The highest BCUT2D eigenvalue weighted by molar-refractivity contribution is 5.79. The summed E-state index contributed by atoms with van der Waals surface area (Å²) in [5, 5.41) is 18.6. The Hall–Kier alpha value is -2.49. The van der Waals surface area contributed by atoms with Crippen LogP contribution in [0.4, 0.5) is 0 Å². The third kappa shape index (κ3) is 3.22. The number of nitrogens with zero attached hydrogens (tertiary/aromatic N) is 1. The van der Waals surface area contributed by atoms with Crippen molar-refractivity contribution in [2.24, 2.45) is 0 Å². The lowest BCUT2D eigenvalue weighted by Crippen LogP contribution is -2.29. The second-order valence-electron chi connectivity index (χ2n) is 5.76. The molecule has 2 aromatic rings. The summed E-state index contributed by atoms with van der Waals surface area (Å²) in [6.45, 7) is 1.49. The van der Waals surface area contributed by atoms with Crippen molar-refractivity contribution in [1.82, 2.24) is 4.90 Å². The van der Waals surface area contributed by atoms with Crippen LogP contribution in [-0.4, -0.2) is 34.1 Å². The Morgan fingerprint density at radius 2 is 1.59 bits per heavy atom. The maximum atomic E-state index is 12.4. The van der Waals surface area contributed by atoms with Crippen LogP contribution < -0.4 is 0 Å². The van der Waals surface area contributed by atoms with Crippen LogP contribution in [0, 0.1) is 0 Å². The Balaban J connectivity index is 1.61. The molecule has 0 aromatic heterocycles. The SMILES string of the molecule is O=C(Cc1ccc(O)cc1)N1CC[C@@H](c2ccc(O)cc2)C1. The zero-order chi connectivity index (χ0) is 15.5. The van der Waals surface area contributed by atoms with Gasteiger partial charge in [-0.2, -0.15) is 0 Å². The standard InChI is InChI=1S/C18H19NO3/c20-16-5-1-13(2-6-16)11-18(22)19-10-9-15(12-19)14-3-7-17(21)8-4-14/h1-8,15,20-21H,9-12H2/t15-/m1/s1. The van der Waals surface area contributed by atoms with Gasteiger partial charge in [0.2, 0.25) is 5.91 Å². The van der Waals surface area contributed by atoms with E-state index in [4.69, 9.17) is 0 Å². The molecule has 1 atom stereocenters. The minimum Gasteiger partial charge on any atom is -0.508 e. The maximum Gasteiger partial charge on any atom is 0.227 e. The van der Waals surface area contributed by atoms with Crippen molar-refractivity contribution in [3.8, 4) is 11.5 Å². The van der Waals surface area contributed by atoms with Crippen molar-refractivity contribution in [2.75, 3.05) is 13.1 Å². The maximum absolute atomic E-state index is 12.4. The third-order valence-corrected chi connectivity index (χ3v) is 4.20. The summed E-state index contributed by atoms with van der Waals surface area (Å²) in [7, 11) is 0. The Labute approximate surface area is 129 Å². The van der Waals surface area contributed by atoms with Crippen molar-refractivity contribution >= 4 is 5.91 Å². The molecule has 0 bridgehead atoms. The van der Waals surface area contributed by atoms with Crippen LogP contribution in [0.1, 0.15) is 23.5 Å². The highest BCUT2D eigenvalue weighted by atomic mass is 16.3. The van der Waals surface area contributed by atoms with Crippen LogP contribution in [0.5, 0.6) is 11.5 Å². The average Bonchev–Trinajstić information content (AvgIpc) is 3.00. The molecule has 1 aliphatic rings. The number of benzene rings is 2. The van der Waals surface area contributed by atoms with Gasteiger partial charge in [0.15, 0.2) is 0 Å². The van der Waals surface area contributed by atoms with E-state index in [1.165, 1.54) is 0 Å². The minimum atomic E-state index is 0.118. The number of aromatic hydroxyl groups is 2. The van der Waals surface area contributed by atoms with Crippen molar-refractivity contribution < 1.29 is 15.0 Å². The minimum absolute atomic E-state index is 0.118. The van der Waals surface area contributed by atoms with Crippen LogP contribution in [0.25, 0.3) is 0 Å². The van der Waals surface area contributed by atoms with E-state index in [1.54, 1.807) is 36.4 Å². The number of amides is 1. The first-order chi connectivity index (χ1) is 10.6. The molecule has 114 valence electrons. The number of phenolic OH excluding ortho intramolecular Hbond substituents is 2. The van der Waals surface area contributed by atoms with E-state index >= 15 is 0 Å². The summed E-state index contributed by atoms with van der Waals surface area (Å²) < 4.78 is 0. The number of rotatable bonds is 3. The molecule has 2 N–H and O–H groups in total. The molecule has 4 heteroatoms. The lowest BCUT2D eigenvalue weighted by atomic mass is 9.98. The van der Waals surface area contributed by atoms with Gasteiger partial charge in [-0.05, 0) is 41.8 Å². The Kier molecular flexibility index (Phi) is 4.00. The number of carbonyl (C=O) groups excluding carboxylic acids is 1. The van der Waals surface area contributed by atoms with E-state index in [1.807, 2.05) is 17.0 Å². The summed E-state index contributed by atoms with van der Waals surface area (Å²) in [6.07, 6.45) is 1.31. The number of carbonyl (C=O) groups is 1. The van der Waals surface area contributed by atoms with Gasteiger partial charge in [0.05, 0.1) is 6.42 Å². The summed E-state index contributed by atoms with van der Waals surface area (Å²) >= 11 is 0. The first-order valence-electron chi connectivity index (χ1n) is 7.46. The second kappa shape index (κ2) is 6.10. The van der Waals surface area contributed by atoms with Crippen molar-refractivity contribution in [2.45, 2.75) is 18.8 Å². The van der Waals surface area contributed by atoms with E-state index in [0.717, 1.165) is 30.6 Å². The van der Waals surface area contributed by atoms with E-state index in [2.05, 4.69) is 0 Å². The third-order valence-electron chi connectivity index (χ3n) is 4.20. The molecule has 0 radical (unpaired) electrons. The topological polar surface area (TPSA) is 60.8 Å². The first kappa shape index (κ1) is 14.4. The van der Waals surface area contributed by atoms with E-state index < -0.39 is 0 Å². The number of phenols is 2. The van der Waals surface area contributed by atoms with E-state index in [-0.39, 0.29) is 17.4 Å². The number of hydrogen-bond acceptors (Lipinski definition) is 3. The first-order valence-corrected chi connectivity index (χ1v) is 7.46. The van der Waals surface area contributed by atoms with Gasteiger partial charge < -0.3 is 15.1 Å². The molecule has 1 heterocycles. The fourth-order valence-corrected chi connectivity index (χ4v) is 2.91. The average molecular weight is 297 g/mol. The van der Waals surface area contributed by atoms with Crippen LogP contribution in [0.3, 0.4) is 0 Å². The molecular formula is C18H19NO3. The van der Waals surface area contributed by atoms with Crippen LogP contribution in [-0.2, 0) is 11.2 Å². The van der Waals surface area contributed by atoms with Gasteiger partial charge >= 0.3 is 0 Å². The van der Waals surface area contributed by atoms with E-state index in [9.17, 15) is 15.0 Å². The largest absolute Gasteiger partial charge is 0.508 e. The Bertz CT molecular complexity index is 649. The smallest absolute Gasteiger partial charge is 0.227 e. The fourth-order valence-electron chi connectivity index (χ4n) is 2.91. The molecule has 2 aromatic carbocycles. The van der Waals surface area contributed by atoms with Gasteiger partial charge in [0.25, 0.3) is 0 Å². The second-order valence-corrected chi connectivity index (χ2v) is 5.76. The van der Waals surface area contributed by atoms with Gasteiger partial charge in [-0.1, -0.05) is 24.3 Å². The lowest BCUT2D eigenvalue weighted by Gasteiger charge is -2.17. The van der Waals surface area contributed by atoms with Crippen LogP contribution >= 0.6 is 0 Å². The highest BCUT2D eigenvalue weighted by Crippen LogP contribution is 2.28. The fraction of sp³-hybridized carbons (Fsp3) is 0.278. The zero-order valence-electron chi connectivity index (χ0n) is 12.3. The van der Waals surface area contributed by atoms with E-state index in [0.29, 0.717) is 12.3 Å².